The molecule has 1 amide bonds. The highest BCUT2D eigenvalue weighted by Crippen LogP contribution is 2.38. The molecular weight excluding hydrogens is 1070 g/mol. The van der Waals surface area contributed by atoms with Crippen molar-refractivity contribution in [2.24, 2.45) is 5.73 Å². The predicted molar refractivity (Wildman–Crippen MR) is 330 cm³/mol. The smallest absolute Gasteiger partial charge is 0.336 e. The predicted octanol–water partition coefficient (Wildman–Crippen LogP) is 8.68. The molecule has 10 heterocycles. The summed E-state index contributed by atoms with van der Waals surface area (Å²) in [6.45, 7) is 23.8. The number of morpholine rings is 2. The number of aromatic carboxylic acids is 1. The molecule has 8 N–H and O–H groups in total. The number of carbonyl (C=O) groups excluding carboxylic acids is 1. The van der Waals surface area contributed by atoms with Crippen LogP contribution in [0.3, 0.4) is 0 Å². The number of nitriles is 2. The summed E-state index contributed by atoms with van der Waals surface area (Å²) in [5.41, 5.74) is 25.6. The molecule has 0 spiro atoms. The summed E-state index contributed by atoms with van der Waals surface area (Å²) < 4.78 is 15.4. The number of rotatable bonds is 11. The van der Waals surface area contributed by atoms with E-state index in [-0.39, 0.29) is 35.7 Å². The maximum atomic E-state index is 13.7. The van der Waals surface area contributed by atoms with E-state index in [1.165, 1.54) is 0 Å². The van der Waals surface area contributed by atoms with Crippen LogP contribution >= 0.6 is 0 Å². The fraction of sp³-hybridized carbons (Fsp3) is 0.364. The first-order valence-corrected chi connectivity index (χ1v) is 29.1. The average Bonchev–Trinajstić information content (AvgIpc) is 3.42. The minimum absolute atomic E-state index is 0.0328. The van der Waals surface area contributed by atoms with Crippen LogP contribution in [0.1, 0.15) is 125 Å². The van der Waals surface area contributed by atoms with Crippen LogP contribution < -0.4 is 32.8 Å². The number of H-pyrrole nitrogens is 2. The Kier molecular flexibility index (Phi) is 17.6. The molecule has 2 aromatic carbocycles. The molecule has 2 atom stereocenters. The minimum Gasteiger partial charge on any atom is -0.478 e. The number of ether oxygens (including phenoxy) is 2. The van der Waals surface area contributed by atoms with Gasteiger partial charge in [-0.3, -0.25) is 24.2 Å². The summed E-state index contributed by atoms with van der Waals surface area (Å²) in [6.07, 6.45) is 5.98. The van der Waals surface area contributed by atoms with Gasteiger partial charge in [-0.1, -0.05) is 0 Å². The lowest BCUT2D eigenvalue weighted by Gasteiger charge is -2.34. The zero-order valence-corrected chi connectivity index (χ0v) is 49.6. The number of carboxylic acid groups (broad SMARTS) is 1. The highest BCUT2D eigenvalue weighted by atomic mass is 16.5. The van der Waals surface area contributed by atoms with Crippen molar-refractivity contribution in [3.05, 3.63) is 183 Å². The quantitative estimate of drug-likeness (QED) is 0.0639. The van der Waals surface area contributed by atoms with E-state index in [1.54, 1.807) is 6.07 Å². The maximum Gasteiger partial charge on any atom is 0.336 e. The lowest BCUT2D eigenvalue weighted by molar-refractivity contribution is 0.0186. The highest BCUT2D eigenvalue weighted by molar-refractivity contribution is 5.97. The van der Waals surface area contributed by atoms with Crippen molar-refractivity contribution in [1.82, 2.24) is 33.9 Å². The van der Waals surface area contributed by atoms with Gasteiger partial charge in [-0.2, -0.15) is 10.5 Å². The number of benzene rings is 2. The summed E-state index contributed by atoms with van der Waals surface area (Å²) >= 11 is 0. The third-order valence-electron chi connectivity index (χ3n) is 17.2. The van der Waals surface area contributed by atoms with E-state index >= 15 is 0 Å². The number of aromatic amines is 2. The lowest BCUT2D eigenvalue weighted by atomic mass is 9.99. The number of nitrogens with zero attached hydrogens (tertiary/aromatic N) is 6. The first-order chi connectivity index (χ1) is 40.9. The molecule has 6 aromatic heterocycles. The third-order valence-corrected chi connectivity index (χ3v) is 17.2. The summed E-state index contributed by atoms with van der Waals surface area (Å²) in [7, 11) is 0. The Hall–Kier alpha value is -8.82. The lowest BCUT2D eigenvalue weighted by Crippen LogP contribution is -2.39. The van der Waals surface area contributed by atoms with Gasteiger partial charge in [-0.05, 0) is 173 Å². The number of nitrogens with two attached hydrogens (primary N) is 1. The molecule has 4 aliphatic rings. The van der Waals surface area contributed by atoms with E-state index in [9.17, 15) is 34.8 Å². The van der Waals surface area contributed by atoms with Gasteiger partial charge >= 0.3 is 5.97 Å². The van der Waals surface area contributed by atoms with E-state index < -0.39 is 5.97 Å². The number of aryl methyl sites for hydroxylation is 4. The van der Waals surface area contributed by atoms with Gasteiger partial charge in [0.05, 0.1) is 54.5 Å². The van der Waals surface area contributed by atoms with Gasteiger partial charge in [0, 0.05) is 138 Å². The van der Waals surface area contributed by atoms with Crippen molar-refractivity contribution in [3.8, 4) is 34.4 Å². The number of hydrogen-bond donors (Lipinski definition) is 7. The fourth-order valence-corrected chi connectivity index (χ4v) is 12.7. The Bertz CT molecular complexity index is 4130. The number of anilines is 2. The molecule has 12 rings (SSSR count). The second-order valence-corrected chi connectivity index (χ2v) is 22.6. The standard InChI is InChI=1S/C33H36N6O3.C25H26N4O3.C8H12N2O/c1-19-11-20(2)37-33(41)29(19)17-36-32(40)28-15-27-14-26(24-12-23-5-6-35-30(23)25(13-24)16-34)18-39(27)31(21(28)3)22(4)38-7-9-42-10-8-38;1-15-22(25(30)31)12-21-11-20(18-9-17-3-4-27-23(17)19(10-18)13-26)14-29(21)24(15)16(2)28-5-7-32-8-6-28;1-5-3-6(2)10-8(11)7(5)4-9/h11-15,18,22,35H,5-10,17H2,1-4H3,(H,36,40)(H,37,41);9-12,14,16,27H,3-8H2,1-2H3,(H,30,31);3H,4,9H2,1-2H3,(H,10,11). The van der Waals surface area contributed by atoms with E-state index in [1.807, 2.05) is 77.9 Å². The number of fused-ring (bicyclic) bond motifs is 4. The molecular formula is C66H74N12O7. The number of nitrogens with one attached hydrogen (secondary N) is 5. The van der Waals surface area contributed by atoms with Crippen molar-refractivity contribution in [2.45, 2.75) is 93.4 Å². The first kappa shape index (κ1) is 59.3. The summed E-state index contributed by atoms with van der Waals surface area (Å²) in [6, 6.07) is 24.5. The van der Waals surface area contributed by atoms with Crippen molar-refractivity contribution in [1.29, 1.82) is 10.5 Å². The number of amides is 1. The maximum absolute atomic E-state index is 13.7. The third kappa shape index (κ3) is 12.1. The van der Waals surface area contributed by atoms with Crippen LogP contribution in [0.15, 0.2) is 82.6 Å². The van der Waals surface area contributed by atoms with Gasteiger partial charge in [0.1, 0.15) is 12.1 Å². The van der Waals surface area contributed by atoms with Crippen LogP contribution in [0.4, 0.5) is 11.4 Å². The topological polar surface area (TPSA) is 264 Å². The van der Waals surface area contributed by atoms with Crippen molar-refractivity contribution in [3.63, 3.8) is 0 Å². The zero-order valence-electron chi connectivity index (χ0n) is 49.6. The summed E-state index contributed by atoms with van der Waals surface area (Å²) in [5.74, 6) is -1.14. The Labute approximate surface area is 494 Å². The van der Waals surface area contributed by atoms with Crippen LogP contribution in [-0.4, -0.2) is 111 Å². The SMILES string of the molecule is Cc1c(C(=O)O)cc2cc(-c3cc(C#N)c4c(c3)CCN4)cn2c1C(C)N1CCOCC1.Cc1cc(C)c(CN)c(=O)[nH]1.Cc1cc(C)c(CNC(=O)c2cc3cc(-c4cc(C#N)c5c(c4)CCN5)cn3c(C(C)N3CCOCC3)c2C)c(=O)[nH]1. The van der Waals surface area contributed by atoms with Gasteiger partial charge in [-0.15, -0.1) is 0 Å². The van der Waals surface area contributed by atoms with Crippen molar-refractivity contribution < 1.29 is 24.2 Å². The van der Waals surface area contributed by atoms with Crippen molar-refractivity contribution in [2.75, 3.05) is 76.3 Å². The molecule has 19 nitrogen and oxygen atoms in total. The van der Waals surface area contributed by atoms with Crippen molar-refractivity contribution >= 4 is 34.3 Å². The average molecular weight is 1150 g/mol. The Morgan fingerprint density at radius 1 is 0.624 bits per heavy atom. The number of pyridine rings is 4. The molecule has 4 aliphatic heterocycles. The second kappa shape index (κ2) is 25.2. The van der Waals surface area contributed by atoms with Crippen LogP contribution in [0.5, 0.6) is 0 Å². The molecule has 2 fully saturated rings. The van der Waals surface area contributed by atoms with E-state index in [0.29, 0.717) is 66.4 Å². The molecule has 19 heteroatoms. The van der Waals surface area contributed by atoms with Gasteiger partial charge < -0.3 is 55.0 Å². The molecule has 440 valence electrons. The van der Waals surface area contributed by atoms with Crippen LogP contribution in [0.25, 0.3) is 33.3 Å². The molecule has 0 saturated carbocycles. The number of hydrogen-bond acceptors (Lipinski definition) is 13. The van der Waals surface area contributed by atoms with Crippen LogP contribution in [0.2, 0.25) is 0 Å². The first-order valence-electron chi connectivity index (χ1n) is 29.1. The Morgan fingerprint density at radius 2 is 1.06 bits per heavy atom. The Balaban J connectivity index is 0.000000164. The van der Waals surface area contributed by atoms with Gasteiger partial charge in [0.25, 0.3) is 17.0 Å². The molecule has 0 aliphatic carbocycles. The molecule has 8 aromatic rings. The van der Waals surface area contributed by atoms with Crippen LogP contribution in [-0.2, 0) is 35.4 Å². The van der Waals surface area contributed by atoms with E-state index in [2.05, 4.69) is 101 Å². The largest absolute Gasteiger partial charge is 0.478 e. The van der Waals surface area contributed by atoms with Gasteiger partial charge in [0.15, 0.2) is 0 Å². The normalized spacial score (nSPS) is 15.5. The second-order valence-electron chi connectivity index (χ2n) is 22.6. The van der Waals surface area contributed by atoms with Gasteiger partial charge in [0.2, 0.25) is 0 Å². The van der Waals surface area contributed by atoms with E-state index in [4.69, 9.17) is 15.2 Å². The highest BCUT2D eigenvalue weighted by Gasteiger charge is 2.29. The molecule has 0 bridgehead atoms. The number of aromatic nitrogens is 4. The molecule has 2 saturated heterocycles. The van der Waals surface area contributed by atoms with E-state index in [0.717, 1.165) is 153 Å². The Morgan fingerprint density at radius 3 is 1.48 bits per heavy atom. The molecule has 85 heavy (non-hydrogen) atoms. The number of carboxylic acids is 1. The fourth-order valence-electron chi connectivity index (χ4n) is 12.7. The summed E-state index contributed by atoms with van der Waals surface area (Å²) in [4.78, 5) is 59.7. The monoisotopic (exact) mass is 1150 g/mol. The molecule has 2 unspecified atom stereocenters. The number of carbonyl (C=O) groups is 2. The summed E-state index contributed by atoms with van der Waals surface area (Å²) in [5, 5.41) is 38.9. The minimum atomic E-state index is -0.918. The molecule has 0 radical (unpaired) electrons. The van der Waals surface area contributed by atoms with Gasteiger partial charge in [-0.25, -0.2) is 4.79 Å². The van der Waals surface area contributed by atoms with Crippen LogP contribution in [0, 0.1) is 64.2 Å². The zero-order chi connectivity index (χ0) is 60.4.